The molecule has 0 aliphatic heterocycles. The SMILES string of the molecule is COc1ccc(OC)c(-n2cnc3cc(C(=O)NCc4ccc(F)cc4)ccc3c2=O)c1. The molecule has 8 heteroatoms. The third-order valence-electron chi connectivity index (χ3n) is 5.03. The van der Waals surface area contributed by atoms with Crippen LogP contribution in [0.5, 0.6) is 11.5 Å². The molecule has 0 atom stereocenters. The molecule has 0 unspecified atom stereocenters. The van der Waals surface area contributed by atoms with Gasteiger partial charge in [0.15, 0.2) is 0 Å². The number of carbonyl (C=O) groups excluding carboxylic acids is 1. The van der Waals surface area contributed by atoms with Crippen LogP contribution in [0.1, 0.15) is 15.9 Å². The number of rotatable bonds is 6. The van der Waals surface area contributed by atoms with E-state index in [1.807, 2.05) is 0 Å². The molecule has 1 heterocycles. The number of hydrogen-bond acceptors (Lipinski definition) is 5. The van der Waals surface area contributed by atoms with Crippen molar-refractivity contribution in [3.8, 4) is 17.2 Å². The number of nitrogens with one attached hydrogen (secondary N) is 1. The zero-order valence-corrected chi connectivity index (χ0v) is 17.5. The molecule has 0 fully saturated rings. The number of methoxy groups -OCH3 is 2. The van der Waals surface area contributed by atoms with E-state index in [0.29, 0.717) is 33.7 Å². The van der Waals surface area contributed by atoms with E-state index in [9.17, 15) is 14.0 Å². The highest BCUT2D eigenvalue weighted by atomic mass is 19.1. The lowest BCUT2D eigenvalue weighted by Crippen LogP contribution is -2.23. The van der Waals surface area contributed by atoms with Gasteiger partial charge in [-0.25, -0.2) is 9.37 Å². The van der Waals surface area contributed by atoms with Crippen LogP contribution in [0.3, 0.4) is 0 Å². The Balaban J connectivity index is 1.63. The van der Waals surface area contributed by atoms with E-state index in [4.69, 9.17) is 9.47 Å². The Morgan fingerprint density at radius 1 is 1.03 bits per heavy atom. The number of halogens is 1. The van der Waals surface area contributed by atoms with Gasteiger partial charge in [0.1, 0.15) is 23.6 Å². The van der Waals surface area contributed by atoms with Crippen molar-refractivity contribution >= 4 is 16.8 Å². The molecule has 1 N–H and O–H groups in total. The van der Waals surface area contributed by atoms with Crippen LogP contribution in [0.2, 0.25) is 0 Å². The fourth-order valence-electron chi connectivity index (χ4n) is 3.31. The first-order chi connectivity index (χ1) is 15.5. The Bertz CT molecular complexity index is 1350. The molecule has 32 heavy (non-hydrogen) atoms. The van der Waals surface area contributed by atoms with Crippen molar-refractivity contribution in [3.63, 3.8) is 0 Å². The second kappa shape index (κ2) is 8.89. The maximum Gasteiger partial charge on any atom is 0.265 e. The second-order valence-corrected chi connectivity index (χ2v) is 7.00. The highest BCUT2D eigenvalue weighted by Crippen LogP contribution is 2.26. The third kappa shape index (κ3) is 4.15. The van der Waals surface area contributed by atoms with Crippen molar-refractivity contribution in [2.45, 2.75) is 6.54 Å². The summed E-state index contributed by atoms with van der Waals surface area (Å²) in [6, 6.07) is 15.7. The summed E-state index contributed by atoms with van der Waals surface area (Å²) in [6.45, 7) is 0.252. The average Bonchev–Trinajstić information content (AvgIpc) is 2.83. The first-order valence-corrected chi connectivity index (χ1v) is 9.76. The highest BCUT2D eigenvalue weighted by molar-refractivity contribution is 5.97. The largest absolute Gasteiger partial charge is 0.497 e. The van der Waals surface area contributed by atoms with Crippen molar-refractivity contribution in [1.82, 2.24) is 14.9 Å². The van der Waals surface area contributed by atoms with Crippen LogP contribution in [-0.2, 0) is 6.54 Å². The monoisotopic (exact) mass is 433 g/mol. The molecule has 0 aliphatic carbocycles. The minimum Gasteiger partial charge on any atom is -0.497 e. The quantitative estimate of drug-likeness (QED) is 0.504. The molecule has 3 aromatic carbocycles. The van der Waals surface area contributed by atoms with E-state index in [1.54, 1.807) is 48.5 Å². The zero-order chi connectivity index (χ0) is 22.7. The molecule has 0 aliphatic rings. The van der Waals surface area contributed by atoms with Crippen molar-refractivity contribution < 1.29 is 18.7 Å². The van der Waals surface area contributed by atoms with Crippen LogP contribution in [-0.4, -0.2) is 29.7 Å². The van der Waals surface area contributed by atoms with Gasteiger partial charge in [-0.05, 0) is 48.0 Å². The Kier molecular flexibility index (Phi) is 5.85. The minimum absolute atomic E-state index is 0.252. The number of hydrogen-bond donors (Lipinski definition) is 1. The summed E-state index contributed by atoms with van der Waals surface area (Å²) in [4.78, 5) is 30.0. The third-order valence-corrected chi connectivity index (χ3v) is 5.03. The van der Waals surface area contributed by atoms with Gasteiger partial charge in [-0.3, -0.25) is 14.2 Å². The van der Waals surface area contributed by atoms with Gasteiger partial charge in [-0.1, -0.05) is 12.1 Å². The number of ether oxygens (including phenoxy) is 2. The number of fused-ring (bicyclic) bond motifs is 1. The fourth-order valence-corrected chi connectivity index (χ4v) is 3.31. The van der Waals surface area contributed by atoms with Gasteiger partial charge in [0.25, 0.3) is 11.5 Å². The maximum atomic E-state index is 13.1. The van der Waals surface area contributed by atoms with E-state index in [1.165, 1.54) is 37.2 Å². The van der Waals surface area contributed by atoms with Gasteiger partial charge < -0.3 is 14.8 Å². The van der Waals surface area contributed by atoms with Crippen molar-refractivity contribution in [1.29, 1.82) is 0 Å². The number of benzene rings is 3. The smallest absolute Gasteiger partial charge is 0.265 e. The zero-order valence-electron chi connectivity index (χ0n) is 17.5. The molecule has 4 aromatic rings. The number of carbonyl (C=O) groups is 1. The molecule has 4 rings (SSSR count). The van der Waals surface area contributed by atoms with E-state index >= 15 is 0 Å². The number of nitrogens with zero attached hydrogens (tertiary/aromatic N) is 2. The molecule has 0 radical (unpaired) electrons. The number of amides is 1. The van der Waals surface area contributed by atoms with Crippen LogP contribution in [0.15, 0.2) is 71.8 Å². The molecule has 1 aromatic heterocycles. The van der Waals surface area contributed by atoms with Crippen molar-refractivity contribution in [2.24, 2.45) is 0 Å². The minimum atomic E-state index is -0.335. The lowest BCUT2D eigenvalue weighted by molar-refractivity contribution is 0.0951. The summed E-state index contributed by atoms with van der Waals surface area (Å²) < 4.78 is 25.0. The normalized spacial score (nSPS) is 10.7. The Morgan fingerprint density at radius 2 is 1.81 bits per heavy atom. The molecule has 7 nitrogen and oxygen atoms in total. The summed E-state index contributed by atoms with van der Waals surface area (Å²) in [7, 11) is 3.05. The van der Waals surface area contributed by atoms with Gasteiger partial charge in [-0.15, -0.1) is 0 Å². The molecule has 0 bridgehead atoms. The Hall–Kier alpha value is -4.20. The number of aromatic nitrogens is 2. The first-order valence-electron chi connectivity index (χ1n) is 9.76. The van der Waals surface area contributed by atoms with Gasteiger partial charge in [0.2, 0.25) is 0 Å². The average molecular weight is 433 g/mol. The fraction of sp³-hybridized carbons (Fsp3) is 0.125. The molecule has 0 saturated carbocycles. The summed E-state index contributed by atoms with van der Waals surface area (Å²) in [5, 5.41) is 3.13. The molecule has 0 saturated heterocycles. The van der Waals surface area contributed by atoms with Crippen LogP contribution in [0, 0.1) is 5.82 Å². The summed E-state index contributed by atoms with van der Waals surface area (Å²) in [6.07, 6.45) is 1.39. The van der Waals surface area contributed by atoms with E-state index < -0.39 is 0 Å². The molecule has 0 spiro atoms. The molecular formula is C24H20FN3O4. The van der Waals surface area contributed by atoms with E-state index in [2.05, 4.69) is 10.3 Å². The van der Waals surface area contributed by atoms with Gasteiger partial charge in [0, 0.05) is 18.2 Å². The topological polar surface area (TPSA) is 82.4 Å². The summed E-state index contributed by atoms with van der Waals surface area (Å²) >= 11 is 0. The molecule has 162 valence electrons. The van der Waals surface area contributed by atoms with Crippen molar-refractivity contribution in [2.75, 3.05) is 14.2 Å². The second-order valence-electron chi connectivity index (χ2n) is 7.00. The predicted octanol–water partition coefficient (Wildman–Crippen LogP) is 3.47. The van der Waals surface area contributed by atoms with Crippen LogP contribution in [0.4, 0.5) is 4.39 Å². The molecule has 1 amide bonds. The lowest BCUT2D eigenvalue weighted by Gasteiger charge is -2.13. The molecular weight excluding hydrogens is 413 g/mol. The van der Waals surface area contributed by atoms with Gasteiger partial charge in [-0.2, -0.15) is 0 Å². The van der Waals surface area contributed by atoms with E-state index in [-0.39, 0.29) is 23.8 Å². The first kappa shape index (κ1) is 21.0. The Labute approximate surface area is 183 Å². The maximum absolute atomic E-state index is 13.1. The van der Waals surface area contributed by atoms with Crippen LogP contribution >= 0.6 is 0 Å². The standard InChI is InChI=1S/C24H20FN3O4/c1-31-18-8-10-22(32-2)21(12-18)28-14-27-20-11-16(5-9-19(20)24(28)30)23(29)26-13-15-3-6-17(25)7-4-15/h3-12,14H,13H2,1-2H3,(H,26,29). The lowest BCUT2D eigenvalue weighted by atomic mass is 10.1. The van der Waals surface area contributed by atoms with Gasteiger partial charge in [0.05, 0.1) is 30.8 Å². The summed E-state index contributed by atoms with van der Waals surface area (Å²) in [5.74, 6) is 0.404. The van der Waals surface area contributed by atoms with Crippen LogP contribution < -0.4 is 20.3 Å². The highest BCUT2D eigenvalue weighted by Gasteiger charge is 2.14. The predicted molar refractivity (Wildman–Crippen MR) is 118 cm³/mol. The van der Waals surface area contributed by atoms with Crippen LogP contribution in [0.25, 0.3) is 16.6 Å². The van der Waals surface area contributed by atoms with Crippen molar-refractivity contribution in [3.05, 3.63) is 94.3 Å². The van der Waals surface area contributed by atoms with E-state index in [0.717, 1.165) is 5.56 Å². The summed E-state index contributed by atoms with van der Waals surface area (Å²) in [5.41, 5.74) is 1.71. The Morgan fingerprint density at radius 3 is 2.53 bits per heavy atom. The van der Waals surface area contributed by atoms with Gasteiger partial charge >= 0.3 is 0 Å².